The zero-order valence-corrected chi connectivity index (χ0v) is 17.7. The number of hydrogen-bond donors (Lipinski definition) is 1. The molecule has 0 bridgehead atoms. The SMILES string of the molecule is Cn1ccc(-c2ccc(CN3Cc4cccc(O[C@H]5CCCC[C@@H]5O)c4C3=O)cc2)n1. The van der Waals surface area contributed by atoms with Crippen LogP contribution in [0.3, 0.4) is 0 Å². The number of aromatic nitrogens is 2. The molecule has 160 valence electrons. The zero-order chi connectivity index (χ0) is 21.4. The first kappa shape index (κ1) is 19.8. The number of aliphatic hydroxyl groups is 1. The van der Waals surface area contributed by atoms with Crippen LogP contribution >= 0.6 is 0 Å². The van der Waals surface area contributed by atoms with Gasteiger partial charge in [0.1, 0.15) is 11.9 Å². The fourth-order valence-electron chi connectivity index (χ4n) is 4.56. The van der Waals surface area contributed by atoms with E-state index in [0.29, 0.717) is 24.4 Å². The van der Waals surface area contributed by atoms with Crippen LogP contribution in [0, 0.1) is 0 Å². The molecule has 2 aliphatic rings. The van der Waals surface area contributed by atoms with Crippen LogP contribution in [0.15, 0.2) is 54.7 Å². The maximum Gasteiger partial charge on any atom is 0.258 e. The summed E-state index contributed by atoms with van der Waals surface area (Å²) in [5.41, 5.74) is 4.70. The van der Waals surface area contributed by atoms with Crippen molar-refractivity contribution in [1.82, 2.24) is 14.7 Å². The van der Waals surface area contributed by atoms with Crippen molar-refractivity contribution in [2.75, 3.05) is 0 Å². The fraction of sp³-hybridized carbons (Fsp3) is 0.360. The van der Waals surface area contributed by atoms with E-state index in [9.17, 15) is 9.90 Å². The highest BCUT2D eigenvalue weighted by Gasteiger charge is 2.33. The van der Waals surface area contributed by atoms with Crippen molar-refractivity contribution in [2.45, 2.75) is 51.0 Å². The molecule has 1 N–H and O–H groups in total. The third-order valence-electron chi connectivity index (χ3n) is 6.26. The van der Waals surface area contributed by atoms with E-state index in [2.05, 4.69) is 17.2 Å². The molecule has 0 spiro atoms. The van der Waals surface area contributed by atoms with Gasteiger partial charge >= 0.3 is 0 Å². The van der Waals surface area contributed by atoms with Gasteiger partial charge in [0.25, 0.3) is 5.91 Å². The molecule has 6 heteroatoms. The van der Waals surface area contributed by atoms with Crippen molar-refractivity contribution in [3.05, 3.63) is 71.4 Å². The van der Waals surface area contributed by atoms with E-state index in [1.807, 2.05) is 54.5 Å². The average Bonchev–Trinajstić information content (AvgIpc) is 3.34. The molecule has 0 radical (unpaired) electrons. The molecule has 5 rings (SSSR count). The number of aryl methyl sites for hydroxylation is 1. The molecular formula is C25H27N3O3. The Morgan fingerprint density at radius 2 is 1.90 bits per heavy atom. The van der Waals surface area contributed by atoms with Gasteiger partial charge in [-0.2, -0.15) is 5.10 Å². The standard InChI is InChI=1S/C25H27N3O3/c1-27-14-13-20(26-27)18-11-9-17(10-12-18)15-28-16-19-5-4-8-23(24(19)25(28)30)31-22-7-3-2-6-21(22)29/h4-5,8-14,21-22,29H,2-3,6-7,15-16H2,1H3/t21-,22-/m0/s1. The summed E-state index contributed by atoms with van der Waals surface area (Å²) in [5.74, 6) is 0.589. The average molecular weight is 418 g/mol. The van der Waals surface area contributed by atoms with Crippen molar-refractivity contribution in [3.8, 4) is 17.0 Å². The van der Waals surface area contributed by atoms with Crippen LogP contribution in [0.5, 0.6) is 5.75 Å². The highest BCUT2D eigenvalue weighted by atomic mass is 16.5. The minimum absolute atomic E-state index is 0.00954. The number of ether oxygens (including phenoxy) is 1. The van der Waals surface area contributed by atoms with E-state index in [4.69, 9.17) is 4.74 Å². The minimum atomic E-state index is -0.463. The first-order valence-corrected chi connectivity index (χ1v) is 10.9. The Labute approximate surface area is 182 Å². The number of benzene rings is 2. The van der Waals surface area contributed by atoms with Gasteiger partial charge in [-0.1, -0.05) is 42.8 Å². The third-order valence-corrected chi connectivity index (χ3v) is 6.26. The van der Waals surface area contributed by atoms with Crippen molar-refractivity contribution in [3.63, 3.8) is 0 Å². The molecule has 1 fully saturated rings. The minimum Gasteiger partial charge on any atom is -0.487 e. The number of carbonyl (C=O) groups is 1. The lowest BCUT2D eigenvalue weighted by Crippen LogP contribution is -2.35. The second-order valence-electron chi connectivity index (χ2n) is 8.53. The van der Waals surface area contributed by atoms with Crippen LogP contribution in [0.1, 0.15) is 47.2 Å². The highest BCUT2D eigenvalue weighted by molar-refractivity contribution is 6.01. The van der Waals surface area contributed by atoms with Gasteiger partial charge in [-0.05, 0) is 42.5 Å². The Morgan fingerprint density at radius 1 is 1.10 bits per heavy atom. The van der Waals surface area contributed by atoms with E-state index >= 15 is 0 Å². The molecular weight excluding hydrogens is 390 g/mol. The van der Waals surface area contributed by atoms with Gasteiger partial charge in [0.2, 0.25) is 0 Å². The van der Waals surface area contributed by atoms with Gasteiger partial charge in [0.15, 0.2) is 0 Å². The van der Waals surface area contributed by atoms with Crippen molar-refractivity contribution < 1.29 is 14.6 Å². The van der Waals surface area contributed by atoms with Crippen LogP contribution in [0.2, 0.25) is 0 Å². The molecule has 1 aromatic heterocycles. The second-order valence-corrected chi connectivity index (χ2v) is 8.53. The second kappa shape index (κ2) is 8.19. The summed E-state index contributed by atoms with van der Waals surface area (Å²) in [6, 6.07) is 16.0. The van der Waals surface area contributed by atoms with Gasteiger partial charge in [-0.3, -0.25) is 9.48 Å². The van der Waals surface area contributed by atoms with Gasteiger partial charge in [0.05, 0.1) is 17.4 Å². The largest absolute Gasteiger partial charge is 0.487 e. The number of nitrogens with zero attached hydrogens (tertiary/aromatic N) is 3. The lowest BCUT2D eigenvalue weighted by molar-refractivity contribution is 0.00636. The van der Waals surface area contributed by atoms with Crippen LogP contribution in [0.25, 0.3) is 11.3 Å². The zero-order valence-electron chi connectivity index (χ0n) is 17.7. The summed E-state index contributed by atoms with van der Waals surface area (Å²) < 4.78 is 7.93. The van der Waals surface area contributed by atoms with Crippen LogP contribution in [-0.4, -0.2) is 37.9 Å². The number of hydrogen-bond acceptors (Lipinski definition) is 4. The van der Waals surface area contributed by atoms with E-state index in [-0.39, 0.29) is 12.0 Å². The van der Waals surface area contributed by atoms with E-state index in [0.717, 1.165) is 48.1 Å². The Balaban J connectivity index is 1.31. The molecule has 1 aliphatic carbocycles. The summed E-state index contributed by atoms with van der Waals surface area (Å²) in [7, 11) is 1.90. The topological polar surface area (TPSA) is 67.6 Å². The number of rotatable bonds is 5. The molecule has 2 aromatic carbocycles. The smallest absolute Gasteiger partial charge is 0.258 e. The molecule has 2 atom stereocenters. The van der Waals surface area contributed by atoms with Crippen molar-refractivity contribution in [1.29, 1.82) is 0 Å². The van der Waals surface area contributed by atoms with Crippen LogP contribution < -0.4 is 4.74 Å². The Bertz CT molecular complexity index is 1090. The first-order chi connectivity index (χ1) is 15.1. The summed E-state index contributed by atoms with van der Waals surface area (Å²) in [6.07, 6.45) is 4.89. The molecule has 6 nitrogen and oxygen atoms in total. The molecule has 1 amide bonds. The predicted octanol–water partition coefficient (Wildman–Crippen LogP) is 3.93. The van der Waals surface area contributed by atoms with Crippen molar-refractivity contribution >= 4 is 5.91 Å². The number of fused-ring (bicyclic) bond motifs is 1. The molecule has 0 unspecified atom stereocenters. The highest BCUT2D eigenvalue weighted by Crippen LogP contribution is 2.34. The van der Waals surface area contributed by atoms with Crippen LogP contribution in [0.4, 0.5) is 0 Å². The summed E-state index contributed by atoms with van der Waals surface area (Å²) in [4.78, 5) is 15.1. The Morgan fingerprint density at radius 3 is 2.65 bits per heavy atom. The van der Waals surface area contributed by atoms with Gasteiger partial charge in [-0.15, -0.1) is 0 Å². The quantitative estimate of drug-likeness (QED) is 0.683. The van der Waals surface area contributed by atoms with E-state index in [1.165, 1.54) is 0 Å². The lowest BCUT2D eigenvalue weighted by atomic mass is 9.94. The monoisotopic (exact) mass is 417 g/mol. The number of amides is 1. The first-order valence-electron chi connectivity index (χ1n) is 10.9. The van der Waals surface area contributed by atoms with Crippen LogP contribution in [-0.2, 0) is 20.1 Å². The third kappa shape index (κ3) is 3.95. The summed E-state index contributed by atoms with van der Waals surface area (Å²) in [5, 5.41) is 14.7. The summed E-state index contributed by atoms with van der Waals surface area (Å²) in [6.45, 7) is 1.11. The van der Waals surface area contributed by atoms with Gasteiger partial charge in [0, 0.05) is 31.9 Å². The van der Waals surface area contributed by atoms with Gasteiger partial charge in [-0.25, -0.2) is 0 Å². The van der Waals surface area contributed by atoms with E-state index < -0.39 is 6.10 Å². The molecule has 1 saturated carbocycles. The normalized spacial score (nSPS) is 20.7. The molecule has 3 aromatic rings. The fourth-order valence-corrected chi connectivity index (χ4v) is 4.56. The Hall–Kier alpha value is -3.12. The molecule has 1 aliphatic heterocycles. The molecule has 31 heavy (non-hydrogen) atoms. The molecule has 2 heterocycles. The summed E-state index contributed by atoms with van der Waals surface area (Å²) >= 11 is 0. The van der Waals surface area contributed by atoms with E-state index in [1.54, 1.807) is 4.68 Å². The van der Waals surface area contributed by atoms with Gasteiger partial charge < -0.3 is 14.7 Å². The number of carbonyl (C=O) groups excluding carboxylic acids is 1. The Kier molecular flexibility index (Phi) is 5.24. The van der Waals surface area contributed by atoms with Crippen molar-refractivity contribution in [2.24, 2.45) is 7.05 Å². The maximum atomic E-state index is 13.2. The maximum absolute atomic E-state index is 13.2. The lowest BCUT2D eigenvalue weighted by Gasteiger charge is -2.28. The predicted molar refractivity (Wildman–Crippen MR) is 118 cm³/mol. The number of aliphatic hydroxyl groups excluding tert-OH is 1. The molecule has 0 saturated heterocycles.